The summed E-state index contributed by atoms with van der Waals surface area (Å²) < 4.78 is 0. The van der Waals surface area contributed by atoms with E-state index in [1.54, 1.807) is 6.92 Å². The van der Waals surface area contributed by atoms with Gasteiger partial charge in [0.2, 0.25) is 11.8 Å². The number of hydrogen-bond donors (Lipinski definition) is 1. The Bertz CT molecular complexity index is 294. The summed E-state index contributed by atoms with van der Waals surface area (Å²) in [4.78, 5) is 27.1. The van der Waals surface area contributed by atoms with E-state index in [-0.39, 0.29) is 17.9 Å². The summed E-state index contributed by atoms with van der Waals surface area (Å²) in [5, 5.41) is 3.25. The van der Waals surface area contributed by atoms with Crippen molar-refractivity contribution in [3.63, 3.8) is 0 Å². The number of amides is 2. The summed E-state index contributed by atoms with van der Waals surface area (Å²) in [5.41, 5.74) is 0. The molecule has 0 aromatic rings. The molecule has 1 aliphatic rings. The van der Waals surface area contributed by atoms with E-state index in [4.69, 9.17) is 0 Å². The molecule has 1 fully saturated rings. The van der Waals surface area contributed by atoms with Gasteiger partial charge in [-0.3, -0.25) is 9.59 Å². The van der Waals surface area contributed by atoms with Gasteiger partial charge >= 0.3 is 0 Å². The summed E-state index contributed by atoms with van der Waals surface area (Å²) in [6, 6.07) is 0.217. The minimum absolute atomic E-state index is 0.102. The summed E-state index contributed by atoms with van der Waals surface area (Å²) >= 11 is 0. The van der Waals surface area contributed by atoms with E-state index in [9.17, 15) is 9.59 Å². The first-order valence-electron chi connectivity index (χ1n) is 6.81. The Morgan fingerprint density at radius 3 is 2.39 bits per heavy atom. The molecule has 5 heteroatoms. The van der Waals surface area contributed by atoms with Gasteiger partial charge in [0.05, 0.1) is 0 Å². The van der Waals surface area contributed by atoms with Crippen molar-refractivity contribution in [1.29, 1.82) is 0 Å². The van der Waals surface area contributed by atoms with Gasteiger partial charge in [-0.2, -0.15) is 0 Å². The van der Waals surface area contributed by atoms with Crippen LogP contribution in [0.25, 0.3) is 0 Å². The Morgan fingerprint density at radius 2 is 1.78 bits per heavy atom. The van der Waals surface area contributed by atoms with Crippen LogP contribution in [0.15, 0.2) is 0 Å². The van der Waals surface area contributed by atoms with E-state index in [2.05, 4.69) is 5.32 Å². The molecular weight excluding hydrogens is 230 g/mol. The van der Waals surface area contributed by atoms with Crippen LogP contribution in [0.1, 0.15) is 33.6 Å². The quantitative estimate of drug-likeness (QED) is 0.794. The molecule has 0 saturated carbocycles. The lowest BCUT2D eigenvalue weighted by atomic mass is 10.2. The van der Waals surface area contributed by atoms with Gasteiger partial charge in [-0.1, -0.05) is 6.92 Å². The van der Waals surface area contributed by atoms with Gasteiger partial charge in [0, 0.05) is 45.6 Å². The number of carbonyl (C=O) groups excluding carboxylic acids is 2. The van der Waals surface area contributed by atoms with Gasteiger partial charge in [0.1, 0.15) is 0 Å². The minimum atomic E-state index is 0.102. The van der Waals surface area contributed by atoms with E-state index in [0.29, 0.717) is 19.5 Å². The molecule has 1 heterocycles. The molecule has 1 saturated heterocycles. The molecule has 1 N–H and O–H groups in total. The van der Waals surface area contributed by atoms with Crippen LogP contribution in [-0.2, 0) is 9.59 Å². The van der Waals surface area contributed by atoms with Crippen molar-refractivity contribution in [3.8, 4) is 0 Å². The Balaban J connectivity index is 2.42. The van der Waals surface area contributed by atoms with Crippen molar-refractivity contribution in [2.24, 2.45) is 0 Å². The van der Waals surface area contributed by atoms with Crippen LogP contribution in [0.2, 0.25) is 0 Å². The largest absolute Gasteiger partial charge is 0.341 e. The van der Waals surface area contributed by atoms with Crippen LogP contribution < -0.4 is 5.32 Å². The van der Waals surface area contributed by atoms with Crippen LogP contribution in [0.5, 0.6) is 0 Å². The SMILES string of the molecule is CCNC(C)CC(=O)N1CCCN(C(C)=O)CC1. The van der Waals surface area contributed by atoms with Crippen LogP contribution >= 0.6 is 0 Å². The first-order valence-corrected chi connectivity index (χ1v) is 6.81. The molecular formula is C13H25N3O2. The molecule has 1 unspecified atom stereocenters. The lowest BCUT2D eigenvalue weighted by Crippen LogP contribution is -2.39. The lowest BCUT2D eigenvalue weighted by Gasteiger charge is -2.23. The highest BCUT2D eigenvalue weighted by atomic mass is 16.2. The normalized spacial score (nSPS) is 18.4. The summed E-state index contributed by atoms with van der Waals surface area (Å²) in [6.07, 6.45) is 1.41. The number of rotatable bonds is 4. The maximum absolute atomic E-state index is 12.1. The molecule has 5 nitrogen and oxygen atoms in total. The third-order valence-electron chi connectivity index (χ3n) is 3.33. The Hall–Kier alpha value is -1.10. The highest BCUT2D eigenvalue weighted by Crippen LogP contribution is 2.06. The molecule has 2 amide bonds. The Labute approximate surface area is 110 Å². The lowest BCUT2D eigenvalue weighted by molar-refractivity contribution is -0.133. The van der Waals surface area contributed by atoms with Crippen molar-refractivity contribution < 1.29 is 9.59 Å². The summed E-state index contributed by atoms with van der Waals surface area (Å²) in [7, 11) is 0. The third-order valence-corrected chi connectivity index (χ3v) is 3.33. The molecule has 18 heavy (non-hydrogen) atoms. The molecule has 1 atom stereocenters. The smallest absolute Gasteiger partial charge is 0.224 e. The van der Waals surface area contributed by atoms with Crippen molar-refractivity contribution in [2.75, 3.05) is 32.7 Å². The van der Waals surface area contributed by atoms with Crippen LogP contribution in [0.4, 0.5) is 0 Å². The van der Waals surface area contributed by atoms with E-state index in [1.807, 2.05) is 23.6 Å². The molecule has 104 valence electrons. The van der Waals surface area contributed by atoms with Crippen LogP contribution in [-0.4, -0.2) is 60.4 Å². The molecule has 0 radical (unpaired) electrons. The Morgan fingerprint density at radius 1 is 1.17 bits per heavy atom. The first kappa shape index (κ1) is 15.0. The molecule has 0 aromatic heterocycles. The van der Waals surface area contributed by atoms with Gasteiger partial charge in [0.25, 0.3) is 0 Å². The predicted octanol–water partition coefficient (Wildman–Crippen LogP) is 0.455. The number of hydrogen-bond acceptors (Lipinski definition) is 3. The second kappa shape index (κ2) is 7.36. The standard InChI is InChI=1S/C13H25N3O2/c1-4-14-11(2)10-13(18)16-7-5-6-15(8-9-16)12(3)17/h11,14H,4-10H2,1-3H3. The van der Waals surface area contributed by atoms with Gasteiger partial charge < -0.3 is 15.1 Å². The summed E-state index contributed by atoms with van der Waals surface area (Å²) in [5.74, 6) is 0.291. The van der Waals surface area contributed by atoms with Crippen molar-refractivity contribution in [2.45, 2.75) is 39.7 Å². The molecule has 0 aliphatic carbocycles. The highest BCUT2D eigenvalue weighted by Gasteiger charge is 2.21. The fourth-order valence-corrected chi connectivity index (χ4v) is 2.29. The zero-order chi connectivity index (χ0) is 13.5. The van der Waals surface area contributed by atoms with Crippen molar-refractivity contribution >= 4 is 11.8 Å². The molecule has 0 aromatic carbocycles. The highest BCUT2D eigenvalue weighted by molar-refractivity contribution is 5.77. The van der Waals surface area contributed by atoms with Gasteiger partial charge in [0.15, 0.2) is 0 Å². The zero-order valence-electron chi connectivity index (χ0n) is 11.7. The average molecular weight is 255 g/mol. The number of nitrogens with one attached hydrogen (secondary N) is 1. The second-order valence-corrected chi connectivity index (χ2v) is 4.90. The molecule has 0 bridgehead atoms. The monoisotopic (exact) mass is 255 g/mol. The zero-order valence-corrected chi connectivity index (χ0v) is 11.7. The predicted molar refractivity (Wildman–Crippen MR) is 71.2 cm³/mol. The van der Waals surface area contributed by atoms with Crippen LogP contribution in [0, 0.1) is 0 Å². The van der Waals surface area contributed by atoms with Crippen LogP contribution in [0.3, 0.4) is 0 Å². The first-order chi connectivity index (χ1) is 8.54. The molecule has 1 aliphatic heterocycles. The number of carbonyl (C=O) groups is 2. The Kier molecular flexibility index (Phi) is 6.12. The fraction of sp³-hybridized carbons (Fsp3) is 0.846. The third kappa shape index (κ3) is 4.64. The average Bonchev–Trinajstić information content (AvgIpc) is 2.54. The fourth-order valence-electron chi connectivity index (χ4n) is 2.29. The maximum Gasteiger partial charge on any atom is 0.224 e. The maximum atomic E-state index is 12.1. The minimum Gasteiger partial charge on any atom is -0.341 e. The summed E-state index contributed by atoms with van der Waals surface area (Å²) in [6.45, 7) is 9.40. The molecule has 0 spiro atoms. The van der Waals surface area contributed by atoms with Gasteiger partial charge in [-0.05, 0) is 19.9 Å². The van der Waals surface area contributed by atoms with Crippen molar-refractivity contribution in [1.82, 2.24) is 15.1 Å². The second-order valence-electron chi connectivity index (χ2n) is 4.90. The van der Waals surface area contributed by atoms with E-state index in [0.717, 1.165) is 26.1 Å². The topological polar surface area (TPSA) is 52.7 Å². The van der Waals surface area contributed by atoms with Gasteiger partial charge in [-0.15, -0.1) is 0 Å². The van der Waals surface area contributed by atoms with E-state index < -0.39 is 0 Å². The number of nitrogens with zero attached hydrogens (tertiary/aromatic N) is 2. The van der Waals surface area contributed by atoms with E-state index in [1.165, 1.54) is 0 Å². The van der Waals surface area contributed by atoms with Gasteiger partial charge in [-0.25, -0.2) is 0 Å². The molecule has 1 rings (SSSR count). The van der Waals surface area contributed by atoms with E-state index >= 15 is 0 Å². The van der Waals surface area contributed by atoms with Crippen molar-refractivity contribution in [3.05, 3.63) is 0 Å².